The largest absolute Gasteiger partial charge is 0.480 e. The lowest BCUT2D eigenvalue weighted by atomic mass is 10.1. The lowest BCUT2D eigenvalue weighted by Crippen LogP contribution is -2.21. The number of aliphatic carboxylic acids is 1. The summed E-state index contributed by atoms with van der Waals surface area (Å²) in [5, 5.41) is 17.8. The molecule has 0 aromatic carbocycles. The highest BCUT2D eigenvalue weighted by molar-refractivity contribution is 5.86. The molecule has 1 unspecified atom stereocenters. The number of aromatic nitrogens is 1. The van der Waals surface area contributed by atoms with Crippen LogP contribution in [0.5, 0.6) is 0 Å². The quantitative estimate of drug-likeness (QED) is 0.775. The highest BCUT2D eigenvalue weighted by Gasteiger charge is 2.22. The van der Waals surface area contributed by atoms with Crippen LogP contribution in [0.4, 0.5) is 0 Å². The van der Waals surface area contributed by atoms with Crippen molar-refractivity contribution in [2.45, 2.75) is 25.8 Å². The molecular formula is C10H13NO4. The van der Waals surface area contributed by atoms with Crippen molar-refractivity contribution in [3.05, 3.63) is 24.0 Å². The van der Waals surface area contributed by atoms with Crippen molar-refractivity contribution in [2.24, 2.45) is 0 Å². The summed E-state index contributed by atoms with van der Waals surface area (Å²) in [6.45, 7) is 1.86. The van der Waals surface area contributed by atoms with Gasteiger partial charge in [-0.3, -0.25) is 0 Å². The predicted octanol–water partition coefficient (Wildman–Crippen LogP) is 1.61. The average Bonchev–Trinajstić information content (AvgIpc) is 2.61. The highest BCUT2D eigenvalue weighted by Crippen LogP contribution is 2.17. The minimum Gasteiger partial charge on any atom is -0.480 e. The van der Waals surface area contributed by atoms with E-state index in [1.165, 1.54) is 22.9 Å². The number of nitrogens with zero attached hydrogens (tertiary/aromatic N) is 1. The van der Waals surface area contributed by atoms with E-state index in [0.717, 1.165) is 0 Å². The van der Waals surface area contributed by atoms with Crippen LogP contribution in [0.25, 0.3) is 0 Å². The summed E-state index contributed by atoms with van der Waals surface area (Å²) in [6, 6.07) is 2.14. The second kappa shape index (κ2) is 4.63. The Kier molecular flexibility index (Phi) is 3.49. The van der Waals surface area contributed by atoms with Crippen LogP contribution in [-0.4, -0.2) is 26.7 Å². The molecule has 0 amide bonds. The molecule has 0 aliphatic heterocycles. The van der Waals surface area contributed by atoms with Crippen molar-refractivity contribution >= 4 is 11.9 Å². The van der Waals surface area contributed by atoms with E-state index in [1.807, 2.05) is 6.92 Å². The predicted molar refractivity (Wildman–Crippen MR) is 53.0 cm³/mol. The topological polar surface area (TPSA) is 79.5 Å². The van der Waals surface area contributed by atoms with E-state index < -0.39 is 18.0 Å². The highest BCUT2D eigenvalue weighted by atomic mass is 16.4. The molecule has 1 rings (SSSR count). The summed E-state index contributed by atoms with van der Waals surface area (Å²) in [5.41, 5.74) is 0.0100. The Balaban J connectivity index is 3.05. The third-order valence-corrected chi connectivity index (χ3v) is 2.18. The van der Waals surface area contributed by atoms with E-state index >= 15 is 0 Å². The van der Waals surface area contributed by atoms with Gasteiger partial charge in [0, 0.05) is 6.20 Å². The molecular weight excluding hydrogens is 198 g/mol. The number of hydrogen-bond acceptors (Lipinski definition) is 2. The SMILES string of the molecule is CCCC(C(=O)O)n1cccc1C(=O)O. The molecule has 2 N–H and O–H groups in total. The van der Waals surface area contributed by atoms with Gasteiger partial charge < -0.3 is 14.8 Å². The number of rotatable bonds is 5. The molecule has 0 saturated heterocycles. The number of carboxylic acids is 2. The molecule has 1 aromatic rings. The fourth-order valence-corrected chi connectivity index (χ4v) is 1.50. The second-order valence-corrected chi connectivity index (χ2v) is 3.25. The van der Waals surface area contributed by atoms with Gasteiger partial charge in [-0.1, -0.05) is 13.3 Å². The molecule has 5 nitrogen and oxygen atoms in total. The molecule has 0 aliphatic carbocycles. The Morgan fingerprint density at radius 3 is 2.60 bits per heavy atom. The molecule has 5 heteroatoms. The van der Waals surface area contributed by atoms with E-state index in [1.54, 1.807) is 0 Å². The Bertz CT molecular complexity index is 369. The molecule has 82 valence electrons. The maximum atomic E-state index is 10.9. The van der Waals surface area contributed by atoms with Crippen molar-refractivity contribution in [3.63, 3.8) is 0 Å². The molecule has 1 aromatic heterocycles. The van der Waals surface area contributed by atoms with E-state index in [0.29, 0.717) is 12.8 Å². The van der Waals surface area contributed by atoms with E-state index in [2.05, 4.69) is 0 Å². The summed E-state index contributed by atoms with van der Waals surface area (Å²) in [6.07, 6.45) is 2.59. The lowest BCUT2D eigenvalue weighted by molar-refractivity contribution is -0.141. The standard InChI is InChI=1S/C10H13NO4/c1-2-4-7(9(12)13)11-6-3-5-8(11)10(14)15/h3,5-7H,2,4H2,1H3,(H,12,13)(H,14,15). The molecule has 0 spiro atoms. The van der Waals surface area contributed by atoms with Crippen LogP contribution in [0, 0.1) is 0 Å². The molecule has 1 atom stereocenters. The third-order valence-electron chi connectivity index (χ3n) is 2.18. The van der Waals surface area contributed by atoms with Gasteiger partial charge in [0.05, 0.1) is 0 Å². The molecule has 15 heavy (non-hydrogen) atoms. The van der Waals surface area contributed by atoms with Gasteiger partial charge in [0.1, 0.15) is 11.7 Å². The Morgan fingerprint density at radius 1 is 1.47 bits per heavy atom. The number of carboxylic acid groups (broad SMARTS) is 2. The number of aromatic carboxylic acids is 1. The lowest BCUT2D eigenvalue weighted by Gasteiger charge is -2.15. The zero-order valence-corrected chi connectivity index (χ0v) is 8.38. The summed E-state index contributed by atoms with van der Waals surface area (Å²) in [5.74, 6) is -2.11. The first-order valence-electron chi connectivity index (χ1n) is 4.70. The van der Waals surface area contributed by atoms with E-state index in [4.69, 9.17) is 10.2 Å². The number of hydrogen-bond donors (Lipinski definition) is 2. The Morgan fingerprint density at radius 2 is 2.13 bits per heavy atom. The van der Waals surface area contributed by atoms with Crippen LogP contribution in [0.3, 0.4) is 0 Å². The monoisotopic (exact) mass is 211 g/mol. The van der Waals surface area contributed by atoms with Gasteiger partial charge in [-0.25, -0.2) is 9.59 Å². The maximum Gasteiger partial charge on any atom is 0.352 e. The first kappa shape index (κ1) is 11.3. The van der Waals surface area contributed by atoms with Gasteiger partial charge >= 0.3 is 11.9 Å². The fraction of sp³-hybridized carbons (Fsp3) is 0.400. The summed E-state index contributed by atoms with van der Waals surface area (Å²) in [4.78, 5) is 21.7. The molecule has 0 aliphatic rings. The summed E-state index contributed by atoms with van der Waals surface area (Å²) in [7, 11) is 0. The van der Waals surface area contributed by atoms with Crippen LogP contribution < -0.4 is 0 Å². The van der Waals surface area contributed by atoms with E-state index in [-0.39, 0.29) is 5.69 Å². The Hall–Kier alpha value is -1.78. The molecule has 0 radical (unpaired) electrons. The first-order valence-corrected chi connectivity index (χ1v) is 4.70. The van der Waals surface area contributed by atoms with Crippen LogP contribution in [0.15, 0.2) is 18.3 Å². The Labute approximate surface area is 87.0 Å². The van der Waals surface area contributed by atoms with Gasteiger partial charge in [-0.2, -0.15) is 0 Å². The minimum atomic E-state index is -1.11. The second-order valence-electron chi connectivity index (χ2n) is 3.25. The first-order chi connectivity index (χ1) is 7.07. The van der Waals surface area contributed by atoms with Gasteiger partial charge in [0.2, 0.25) is 0 Å². The zero-order valence-electron chi connectivity index (χ0n) is 8.38. The van der Waals surface area contributed by atoms with Crippen molar-refractivity contribution in [1.82, 2.24) is 4.57 Å². The zero-order chi connectivity index (χ0) is 11.4. The number of carbonyl (C=O) groups is 2. The van der Waals surface area contributed by atoms with Gasteiger partial charge in [-0.05, 0) is 18.6 Å². The molecule has 0 bridgehead atoms. The van der Waals surface area contributed by atoms with Gasteiger partial charge in [0.25, 0.3) is 0 Å². The fourth-order valence-electron chi connectivity index (χ4n) is 1.50. The van der Waals surface area contributed by atoms with Crippen LogP contribution >= 0.6 is 0 Å². The van der Waals surface area contributed by atoms with Crippen LogP contribution in [-0.2, 0) is 4.79 Å². The summed E-state index contributed by atoms with van der Waals surface area (Å²) < 4.78 is 1.29. The molecule has 0 saturated carbocycles. The molecule has 1 heterocycles. The van der Waals surface area contributed by atoms with Crippen molar-refractivity contribution in [1.29, 1.82) is 0 Å². The van der Waals surface area contributed by atoms with E-state index in [9.17, 15) is 9.59 Å². The van der Waals surface area contributed by atoms with Crippen molar-refractivity contribution < 1.29 is 19.8 Å². The average molecular weight is 211 g/mol. The minimum absolute atomic E-state index is 0.0100. The normalized spacial score (nSPS) is 12.3. The van der Waals surface area contributed by atoms with Gasteiger partial charge in [0.15, 0.2) is 0 Å². The van der Waals surface area contributed by atoms with Crippen molar-refractivity contribution in [2.75, 3.05) is 0 Å². The smallest absolute Gasteiger partial charge is 0.352 e. The van der Waals surface area contributed by atoms with Gasteiger partial charge in [-0.15, -0.1) is 0 Å². The summed E-state index contributed by atoms with van der Waals surface area (Å²) >= 11 is 0. The maximum absolute atomic E-state index is 10.9. The van der Waals surface area contributed by atoms with Crippen LogP contribution in [0.1, 0.15) is 36.3 Å². The molecule has 0 fully saturated rings. The van der Waals surface area contributed by atoms with Crippen molar-refractivity contribution in [3.8, 4) is 0 Å². The van der Waals surface area contributed by atoms with Crippen LogP contribution in [0.2, 0.25) is 0 Å². The third kappa shape index (κ3) is 2.37.